The minimum Gasteiger partial charge on any atom is -0.466 e. The Kier molecular flexibility index (Phi) is 5.85. The lowest BCUT2D eigenvalue weighted by Crippen LogP contribution is -2.56. The van der Waals surface area contributed by atoms with Crippen LogP contribution in [0.1, 0.15) is 51.9 Å². The van der Waals surface area contributed by atoms with Crippen LogP contribution in [0.5, 0.6) is 0 Å². The first-order valence-electron chi connectivity index (χ1n) is 8.25. The fourth-order valence-corrected chi connectivity index (χ4v) is 3.67. The highest BCUT2D eigenvalue weighted by molar-refractivity contribution is 5.71. The molecule has 2 rings (SSSR count). The molecule has 0 saturated carbocycles. The molecule has 4 heteroatoms. The summed E-state index contributed by atoms with van der Waals surface area (Å²) in [5.74, 6) is -0.0127. The third-order valence-electron chi connectivity index (χ3n) is 4.97. The monoisotopic (exact) mass is 282 g/mol. The molecule has 0 aromatic rings. The second kappa shape index (κ2) is 7.41. The minimum atomic E-state index is -0.0127. The highest BCUT2D eigenvalue weighted by atomic mass is 16.5. The quantitative estimate of drug-likeness (QED) is 0.741. The molecular formula is C16H30N2O2. The van der Waals surface area contributed by atoms with Gasteiger partial charge >= 0.3 is 5.97 Å². The summed E-state index contributed by atoms with van der Waals surface area (Å²) >= 11 is 0. The molecular weight excluding hydrogens is 252 g/mol. The van der Waals surface area contributed by atoms with E-state index in [0.717, 1.165) is 39.0 Å². The van der Waals surface area contributed by atoms with Crippen LogP contribution in [0.15, 0.2) is 0 Å². The summed E-state index contributed by atoms with van der Waals surface area (Å²) < 4.78 is 5.24. The van der Waals surface area contributed by atoms with Gasteiger partial charge in [-0.15, -0.1) is 0 Å². The van der Waals surface area contributed by atoms with Gasteiger partial charge in [0.05, 0.1) is 13.0 Å². The highest BCUT2D eigenvalue weighted by Gasteiger charge is 2.41. The van der Waals surface area contributed by atoms with Crippen molar-refractivity contribution in [2.75, 3.05) is 39.8 Å². The third kappa shape index (κ3) is 3.95. The summed E-state index contributed by atoms with van der Waals surface area (Å²) in [6, 6.07) is 0. The Balaban J connectivity index is 2.07. The van der Waals surface area contributed by atoms with Crippen LogP contribution in [0.3, 0.4) is 0 Å². The van der Waals surface area contributed by atoms with Gasteiger partial charge in [0.25, 0.3) is 0 Å². The zero-order valence-electron chi connectivity index (χ0n) is 13.2. The number of ether oxygens (including phenoxy) is 1. The van der Waals surface area contributed by atoms with E-state index in [1.54, 1.807) is 0 Å². The molecule has 0 unspecified atom stereocenters. The van der Waals surface area contributed by atoms with Crippen LogP contribution < -0.4 is 0 Å². The van der Waals surface area contributed by atoms with Crippen molar-refractivity contribution >= 4 is 5.97 Å². The van der Waals surface area contributed by atoms with E-state index >= 15 is 0 Å². The molecule has 0 aromatic heterocycles. The van der Waals surface area contributed by atoms with Gasteiger partial charge in [-0.2, -0.15) is 0 Å². The summed E-state index contributed by atoms with van der Waals surface area (Å²) in [6.07, 6.45) is 8.01. The molecule has 0 aliphatic carbocycles. The maximum atomic E-state index is 12.1. The molecule has 2 heterocycles. The van der Waals surface area contributed by atoms with Gasteiger partial charge in [-0.25, -0.2) is 0 Å². The normalized spacial score (nSPS) is 25.1. The Labute approximate surface area is 123 Å². The summed E-state index contributed by atoms with van der Waals surface area (Å²) in [7, 11) is 2.18. The number of nitrogens with zero attached hydrogens (tertiary/aromatic N) is 2. The fourth-order valence-electron chi connectivity index (χ4n) is 3.67. The van der Waals surface area contributed by atoms with Crippen LogP contribution in [0, 0.1) is 0 Å². The molecule has 0 spiro atoms. The SMILES string of the molecule is CCOC(=O)CC1(N2CCCCCC2)CCN(C)CC1. The Morgan fingerprint density at radius 1 is 1.05 bits per heavy atom. The lowest BCUT2D eigenvalue weighted by atomic mass is 9.82. The molecule has 0 aromatic carbocycles. The van der Waals surface area contributed by atoms with Crippen LogP contribution in [0.4, 0.5) is 0 Å². The maximum absolute atomic E-state index is 12.1. The molecule has 0 radical (unpaired) electrons. The van der Waals surface area contributed by atoms with Gasteiger partial charge < -0.3 is 9.64 Å². The largest absolute Gasteiger partial charge is 0.466 e. The van der Waals surface area contributed by atoms with E-state index in [4.69, 9.17) is 4.74 Å². The van der Waals surface area contributed by atoms with Gasteiger partial charge in [-0.3, -0.25) is 9.69 Å². The first kappa shape index (κ1) is 15.8. The number of rotatable bonds is 4. The van der Waals surface area contributed by atoms with Crippen molar-refractivity contribution in [1.29, 1.82) is 0 Å². The fraction of sp³-hybridized carbons (Fsp3) is 0.938. The van der Waals surface area contributed by atoms with Gasteiger partial charge in [0.1, 0.15) is 0 Å². The Morgan fingerprint density at radius 2 is 1.65 bits per heavy atom. The third-order valence-corrected chi connectivity index (χ3v) is 4.97. The molecule has 2 aliphatic rings. The summed E-state index contributed by atoms with van der Waals surface area (Å²) in [4.78, 5) is 17.1. The number of hydrogen-bond acceptors (Lipinski definition) is 4. The van der Waals surface area contributed by atoms with Crippen molar-refractivity contribution in [3.8, 4) is 0 Å². The summed E-state index contributed by atoms with van der Waals surface area (Å²) in [6.45, 7) is 6.89. The van der Waals surface area contributed by atoms with E-state index in [-0.39, 0.29) is 11.5 Å². The number of carbonyl (C=O) groups excluding carboxylic acids is 1. The zero-order chi connectivity index (χ0) is 14.4. The lowest BCUT2D eigenvalue weighted by molar-refractivity contribution is -0.147. The topological polar surface area (TPSA) is 32.8 Å². The predicted molar refractivity (Wildman–Crippen MR) is 80.8 cm³/mol. The van der Waals surface area contributed by atoms with Gasteiger partial charge in [-0.1, -0.05) is 12.8 Å². The molecule has 2 saturated heterocycles. The van der Waals surface area contributed by atoms with Crippen molar-refractivity contribution in [3.63, 3.8) is 0 Å². The number of esters is 1. The molecule has 2 aliphatic heterocycles. The first-order valence-corrected chi connectivity index (χ1v) is 8.25. The van der Waals surface area contributed by atoms with Crippen molar-refractivity contribution in [2.24, 2.45) is 0 Å². The van der Waals surface area contributed by atoms with Crippen molar-refractivity contribution < 1.29 is 9.53 Å². The van der Waals surface area contributed by atoms with Crippen LogP contribution in [-0.2, 0) is 9.53 Å². The molecule has 4 nitrogen and oxygen atoms in total. The predicted octanol–water partition coefficient (Wildman–Crippen LogP) is 2.28. The molecule has 2 fully saturated rings. The van der Waals surface area contributed by atoms with Crippen molar-refractivity contribution in [2.45, 2.75) is 57.4 Å². The maximum Gasteiger partial charge on any atom is 0.307 e. The second-order valence-electron chi connectivity index (χ2n) is 6.41. The van der Waals surface area contributed by atoms with Gasteiger partial charge in [0, 0.05) is 5.54 Å². The van der Waals surface area contributed by atoms with Gasteiger partial charge in [0.2, 0.25) is 0 Å². The average molecular weight is 282 g/mol. The molecule has 0 bridgehead atoms. The highest BCUT2D eigenvalue weighted by Crippen LogP contribution is 2.34. The molecule has 20 heavy (non-hydrogen) atoms. The van der Waals surface area contributed by atoms with Gasteiger partial charge in [-0.05, 0) is 65.8 Å². The van der Waals surface area contributed by atoms with E-state index in [2.05, 4.69) is 16.8 Å². The van der Waals surface area contributed by atoms with E-state index < -0.39 is 0 Å². The number of piperidine rings is 1. The number of hydrogen-bond donors (Lipinski definition) is 0. The Morgan fingerprint density at radius 3 is 2.20 bits per heavy atom. The van der Waals surface area contributed by atoms with Crippen LogP contribution in [0.2, 0.25) is 0 Å². The van der Waals surface area contributed by atoms with Crippen molar-refractivity contribution in [1.82, 2.24) is 9.80 Å². The smallest absolute Gasteiger partial charge is 0.307 e. The average Bonchev–Trinajstić information content (AvgIpc) is 2.71. The van der Waals surface area contributed by atoms with E-state index in [9.17, 15) is 4.79 Å². The van der Waals surface area contributed by atoms with E-state index in [1.807, 2.05) is 6.92 Å². The Bertz CT molecular complexity index is 304. The zero-order valence-corrected chi connectivity index (χ0v) is 13.2. The molecule has 0 atom stereocenters. The second-order valence-corrected chi connectivity index (χ2v) is 6.41. The summed E-state index contributed by atoms with van der Waals surface area (Å²) in [5.41, 5.74) is 0.0586. The van der Waals surface area contributed by atoms with E-state index in [1.165, 1.54) is 25.7 Å². The van der Waals surface area contributed by atoms with Crippen molar-refractivity contribution in [3.05, 3.63) is 0 Å². The lowest BCUT2D eigenvalue weighted by Gasteiger charge is -2.47. The standard InChI is InChI=1S/C16H30N2O2/c1-3-20-15(19)14-16(8-12-17(2)13-9-16)18-10-6-4-5-7-11-18/h3-14H2,1-2H3. The summed E-state index contributed by atoms with van der Waals surface area (Å²) in [5, 5.41) is 0. The Hall–Kier alpha value is -0.610. The molecule has 116 valence electrons. The van der Waals surface area contributed by atoms with Crippen LogP contribution in [-0.4, -0.2) is 61.1 Å². The number of carbonyl (C=O) groups is 1. The molecule has 0 amide bonds. The molecule has 0 N–H and O–H groups in total. The van der Waals surface area contributed by atoms with Gasteiger partial charge in [0.15, 0.2) is 0 Å². The first-order chi connectivity index (χ1) is 9.66. The minimum absolute atomic E-state index is 0.0127. The van der Waals surface area contributed by atoms with Crippen LogP contribution in [0.25, 0.3) is 0 Å². The van der Waals surface area contributed by atoms with E-state index in [0.29, 0.717) is 13.0 Å². The van der Waals surface area contributed by atoms with Crippen LogP contribution >= 0.6 is 0 Å². The number of likely N-dealkylation sites (tertiary alicyclic amines) is 2.